The molecular weight excluding hydrogens is 302 g/mol. The van der Waals surface area contributed by atoms with E-state index >= 15 is 0 Å². The molecule has 0 bridgehead atoms. The van der Waals surface area contributed by atoms with E-state index in [1.54, 1.807) is 47.5 Å². The van der Waals surface area contributed by atoms with Crippen LogP contribution in [0.25, 0.3) is 0 Å². The number of aliphatic carboxylic acids is 1. The van der Waals surface area contributed by atoms with Crippen molar-refractivity contribution in [2.75, 3.05) is 13.7 Å². The van der Waals surface area contributed by atoms with E-state index in [-0.39, 0.29) is 5.91 Å². The number of amides is 1. The topological polar surface area (TPSA) is 66.8 Å². The minimum Gasteiger partial charge on any atom is -0.482 e. The zero-order valence-corrected chi connectivity index (χ0v) is 13.2. The van der Waals surface area contributed by atoms with Gasteiger partial charge in [0.15, 0.2) is 6.61 Å². The first-order chi connectivity index (χ1) is 10.5. The third-order valence-electron chi connectivity index (χ3n) is 3.14. The van der Waals surface area contributed by atoms with Gasteiger partial charge in [-0.25, -0.2) is 4.79 Å². The minimum absolute atomic E-state index is 0.131. The highest BCUT2D eigenvalue weighted by atomic mass is 32.1. The Hall–Kier alpha value is -2.34. The van der Waals surface area contributed by atoms with Crippen molar-refractivity contribution in [3.05, 3.63) is 51.7 Å². The summed E-state index contributed by atoms with van der Waals surface area (Å²) in [6.45, 7) is 2.13. The van der Waals surface area contributed by atoms with Crippen LogP contribution in [0.15, 0.2) is 35.7 Å². The molecule has 22 heavy (non-hydrogen) atoms. The van der Waals surface area contributed by atoms with E-state index < -0.39 is 12.6 Å². The van der Waals surface area contributed by atoms with Crippen LogP contribution in [-0.2, 0) is 11.3 Å². The Morgan fingerprint density at radius 1 is 1.32 bits per heavy atom. The van der Waals surface area contributed by atoms with Crippen LogP contribution in [-0.4, -0.2) is 35.5 Å². The minimum atomic E-state index is -1.05. The lowest BCUT2D eigenvalue weighted by Gasteiger charge is -2.17. The Labute approximate surface area is 132 Å². The lowest BCUT2D eigenvalue weighted by Crippen LogP contribution is -2.26. The average Bonchev–Trinajstić information content (AvgIpc) is 2.90. The first kappa shape index (κ1) is 16.0. The van der Waals surface area contributed by atoms with Crippen molar-refractivity contribution in [1.29, 1.82) is 0 Å². The molecule has 0 aliphatic rings. The Morgan fingerprint density at radius 3 is 2.73 bits per heavy atom. The molecule has 0 atom stereocenters. The summed E-state index contributed by atoms with van der Waals surface area (Å²) < 4.78 is 5.09. The Bertz CT molecular complexity index is 680. The van der Waals surface area contributed by atoms with Crippen LogP contribution in [0.1, 0.15) is 20.8 Å². The number of carbonyl (C=O) groups excluding carboxylic acids is 1. The van der Waals surface area contributed by atoms with E-state index in [0.717, 1.165) is 4.88 Å². The maximum Gasteiger partial charge on any atom is 0.341 e. The molecule has 0 aliphatic heterocycles. The summed E-state index contributed by atoms with van der Waals surface area (Å²) >= 11 is 1.62. The van der Waals surface area contributed by atoms with Gasteiger partial charge in [0.1, 0.15) is 5.75 Å². The number of aryl methyl sites for hydroxylation is 1. The average molecular weight is 319 g/mol. The number of nitrogens with zero attached hydrogens (tertiary/aromatic N) is 1. The highest BCUT2D eigenvalue weighted by molar-refractivity contribution is 7.10. The molecule has 116 valence electrons. The summed E-state index contributed by atoms with van der Waals surface area (Å²) in [5, 5.41) is 10.6. The summed E-state index contributed by atoms with van der Waals surface area (Å²) in [4.78, 5) is 25.7. The van der Waals surface area contributed by atoms with Crippen LogP contribution in [0, 0.1) is 6.92 Å². The third kappa shape index (κ3) is 4.08. The van der Waals surface area contributed by atoms with Crippen LogP contribution in [0.4, 0.5) is 0 Å². The van der Waals surface area contributed by atoms with Crippen LogP contribution >= 0.6 is 11.3 Å². The monoisotopic (exact) mass is 319 g/mol. The number of benzene rings is 1. The van der Waals surface area contributed by atoms with Crippen molar-refractivity contribution in [2.45, 2.75) is 13.5 Å². The van der Waals surface area contributed by atoms with Gasteiger partial charge in [0.05, 0.1) is 6.54 Å². The number of hydrogen-bond acceptors (Lipinski definition) is 4. The van der Waals surface area contributed by atoms with Gasteiger partial charge in [0, 0.05) is 17.5 Å². The maximum atomic E-state index is 12.4. The molecule has 1 aromatic heterocycles. The maximum absolute atomic E-state index is 12.4. The summed E-state index contributed by atoms with van der Waals surface area (Å²) in [7, 11) is 1.74. The molecule has 0 unspecified atom stereocenters. The number of carboxylic acids is 1. The van der Waals surface area contributed by atoms with Gasteiger partial charge in [-0.2, -0.15) is 0 Å². The molecule has 1 N–H and O–H groups in total. The van der Waals surface area contributed by atoms with E-state index in [1.807, 2.05) is 18.4 Å². The van der Waals surface area contributed by atoms with Crippen molar-refractivity contribution >= 4 is 23.2 Å². The van der Waals surface area contributed by atoms with Gasteiger partial charge in [-0.15, -0.1) is 11.3 Å². The molecular formula is C16H17NO4S. The van der Waals surface area contributed by atoms with Crippen molar-refractivity contribution in [3.63, 3.8) is 0 Å². The third-order valence-corrected chi connectivity index (χ3v) is 4.15. The lowest BCUT2D eigenvalue weighted by molar-refractivity contribution is -0.139. The van der Waals surface area contributed by atoms with Gasteiger partial charge in [-0.1, -0.05) is 6.07 Å². The molecule has 1 aromatic carbocycles. The summed E-state index contributed by atoms with van der Waals surface area (Å²) in [6, 6.07) is 8.58. The number of carbonyl (C=O) groups is 2. The van der Waals surface area contributed by atoms with E-state index in [1.165, 1.54) is 5.56 Å². The van der Waals surface area contributed by atoms with Crippen LogP contribution in [0.5, 0.6) is 5.75 Å². The molecule has 6 heteroatoms. The normalized spacial score (nSPS) is 10.3. The van der Waals surface area contributed by atoms with Crippen molar-refractivity contribution in [2.24, 2.45) is 0 Å². The van der Waals surface area contributed by atoms with E-state index in [2.05, 4.69) is 0 Å². The van der Waals surface area contributed by atoms with Crippen LogP contribution in [0.3, 0.4) is 0 Å². The van der Waals surface area contributed by atoms with Gasteiger partial charge < -0.3 is 14.7 Å². The molecule has 0 saturated heterocycles. The fourth-order valence-electron chi connectivity index (χ4n) is 1.94. The zero-order chi connectivity index (χ0) is 16.1. The zero-order valence-electron chi connectivity index (χ0n) is 12.4. The van der Waals surface area contributed by atoms with E-state index in [0.29, 0.717) is 17.9 Å². The molecule has 2 rings (SSSR count). The summed E-state index contributed by atoms with van der Waals surface area (Å²) in [6.07, 6.45) is 0. The second-order valence-corrected chi connectivity index (χ2v) is 5.90. The number of carboxylic acid groups (broad SMARTS) is 1. The number of rotatable bonds is 6. The Balaban J connectivity index is 2.06. The van der Waals surface area contributed by atoms with Gasteiger partial charge in [-0.05, 0) is 42.1 Å². The number of hydrogen-bond donors (Lipinski definition) is 1. The first-order valence-corrected chi connectivity index (χ1v) is 7.58. The molecule has 0 spiro atoms. The highest BCUT2D eigenvalue weighted by Crippen LogP contribution is 2.19. The van der Waals surface area contributed by atoms with Gasteiger partial charge in [0.2, 0.25) is 0 Å². The number of ether oxygens (including phenoxy) is 1. The van der Waals surface area contributed by atoms with Crippen molar-refractivity contribution in [3.8, 4) is 5.75 Å². The Morgan fingerprint density at radius 2 is 2.09 bits per heavy atom. The smallest absolute Gasteiger partial charge is 0.341 e. The second kappa shape index (κ2) is 7.09. The standard InChI is InChI=1S/C16H17NO4S/c1-11-6-7-22-14(11)9-17(2)16(20)12-4-3-5-13(8-12)21-10-15(18)19/h3-8H,9-10H2,1-2H3,(H,18,19). The fourth-order valence-corrected chi connectivity index (χ4v) is 2.90. The highest BCUT2D eigenvalue weighted by Gasteiger charge is 2.14. The van der Waals surface area contributed by atoms with E-state index in [4.69, 9.17) is 9.84 Å². The predicted octanol–water partition coefficient (Wildman–Crippen LogP) is 2.79. The molecule has 1 amide bonds. The number of thiophene rings is 1. The fraction of sp³-hybridized carbons (Fsp3) is 0.250. The largest absolute Gasteiger partial charge is 0.482 e. The van der Waals surface area contributed by atoms with Crippen molar-refractivity contribution in [1.82, 2.24) is 4.90 Å². The molecule has 2 aromatic rings. The predicted molar refractivity (Wildman–Crippen MR) is 84.4 cm³/mol. The molecule has 0 radical (unpaired) electrons. The van der Waals surface area contributed by atoms with E-state index in [9.17, 15) is 9.59 Å². The lowest BCUT2D eigenvalue weighted by atomic mass is 10.2. The SMILES string of the molecule is Cc1ccsc1CN(C)C(=O)c1cccc(OCC(=O)O)c1. The van der Waals surface area contributed by atoms with Gasteiger partial charge in [0.25, 0.3) is 5.91 Å². The van der Waals surface area contributed by atoms with Crippen molar-refractivity contribution < 1.29 is 19.4 Å². The molecule has 0 saturated carbocycles. The van der Waals surface area contributed by atoms with Crippen LogP contribution < -0.4 is 4.74 Å². The molecule has 0 fully saturated rings. The van der Waals surface area contributed by atoms with Crippen LogP contribution in [0.2, 0.25) is 0 Å². The molecule has 5 nitrogen and oxygen atoms in total. The quantitative estimate of drug-likeness (QED) is 0.889. The Kier molecular flexibility index (Phi) is 5.16. The summed E-state index contributed by atoms with van der Waals surface area (Å²) in [5.41, 5.74) is 1.64. The van der Waals surface area contributed by atoms with Gasteiger partial charge in [-0.3, -0.25) is 4.79 Å². The molecule has 1 heterocycles. The summed E-state index contributed by atoms with van der Waals surface area (Å²) in [5.74, 6) is -0.815. The van der Waals surface area contributed by atoms with Gasteiger partial charge >= 0.3 is 5.97 Å². The molecule has 0 aliphatic carbocycles. The second-order valence-electron chi connectivity index (χ2n) is 4.90. The first-order valence-electron chi connectivity index (χ1n) is 6.70.